The molecule has 0 radical (unpaired) electrons. The number of carbonyl (C=O) groups excluding carboxylic acids is 2. The van der Waals surface area contributed by atoms with E-state index in [2.05, 4.69) is 129 Å². The zero-order chi connectivity index (χ0) is 80.9. The van der Waals surface area contributed by atoms with Gasteiger partial charge in [0, 0.05) is 98.7 Å². The van der Waals surface area contributed by atoms with Gasteiger partial charge in [-0.1, -0.05) is 129 Å². The molecule has 20 nitrogen and oxygen atoms in total. The van der Waals surface area contributed by atoms with E-state index >= 15 is 0 Å². The summed E-state index contributed by atoms with van der Waals surface area (Å²) in [5, 5.41) is 13.1. The molecule has 4 aliphatic heterocycles. The van der Waals surface area contributed by atoms with E-state index in [0.717, 1.165) is 169 Å². The van der Waals surface area contributed by atoms with E-state index in [1.807, 2.05) is 115 Å². The molecule has 3 aromatic heterocycles. The van der Waals surface area contributed by atoms with Gasteiger partial charge in [0.1, 0.15) is 43.7 Å². The van der Waals surface area contributed by atoms with Crippen LogP contribution in [0.1, 0.15) is 131 Å². The Hall–Kier alpha value is -10.2. The Morgan fingerprint density at radius 2 is 0.853 bits per heavy atom. The molecule has 1 N–H and O–H groups in total. The average Bonchev–Trinajstić information content (AvgIpc) is 1.66. The number of aryl methyl sites for hydroxylation is 2. The number of nitrogens with one attached hydrogen (secondary N) is 1. The first-order chi connectivity index (χ1) is 56.5. The quantitative estimate of drug-likeness (QED) is 0.0409. The van der Waals surface area contributed by atoms with Crippen molar-refractivity contribution in [2.45, 2.75) is 118 Å². The van der Waals surface area contributed by atoms with Crippen molar-refractivity contribution in [2.75, 3.05) is 74.9 Å². The first kappa shape index (κ1) is 83.7. The normalized spacial score (nSPS) is 13.2. The molecular weight excluding hydrogens is 1560 g/mol. The Morgan fingerprint density at radius 3 is 1.29 bits per heavy atom. The summed E-state index contributed by atoms with van der Waals surface area (Å²) in [7, 11) is 6.90. The monoisotopic (exact) mass is 1660 g/mol. The van der Waals surface area contributed by atoms with Gasteiger partial charge >= 0.3 is 0 Å². The Kier molecular flexibility index (Phi) is 29.6. The molecule has 0 bridgehead atoms. The lowest BCUT2D eigenvalue weighted by atomic mass is 9.99. The molecule has 15 rings (SSSR count). The predicted octanol–water partition coefficient (Wildman–Crippen LogP) is 18.7. The van der Waals surface area contributed by atoms with E-state index < -0.39 is 0 Å². The minimum Gasteiger partial charge on any atom is -0.497 e. The topological polar surface area (TPSA) is 184 Å². The lowest BCUT2D eigenvalue weighted by molar-refractivity contribution is 0.0790. The van der Waals surface area contributed by atoms with Gasteiger partial charge in [-0.25, -0.2) is 15.0 Å². The fourth-order valence-corrected chi connectivity index (χ4v) is 16.8. The molecular formula is C91H99Cl2N9O11S3. The number of carbonyl (C=O) groups is 2. The predicted molar refractivity (Wildman–Crippen MR) is 459 cm³/mol. The van der Waals surface area contributed by atoms with Crippen LogP contribution >= 0.6 is 57.2 Å². The molecule has 2 amide bonds. The number of amides is 2. The number of methoxy groups -OCH3 is 3. The molecule has 25 heteroatoms. The molecule has 1 saturated heterocycles. The fourth-order valence-electron chi connectivity index (χ4n) is 14.1. The third-order valence-electron chi connectivity index (χ3n) is 20.6. The minimum atomic E-state index is -0.167. The fraction of sp³-hybridized carbons (Fsp3) is 0.330. The number of halogens is 2. The van der Waals surface area contributed by atoms with Crippen molar-refractivity contribution in [3.63, 3.8) is 0 Å². The lowest BCUT2D eigenvalue weighted by Crippen LogP contribution is -2.31. The number of benzene rings is 8. The molecule has 0 aliphatic carbocycles. The van der Waals surface area contributed by atoms with Crippen LogP contribution in [0.15, 0.2) is 187 Å². The van der Waals surface area contributed by atoms with Crippen molar-refractivity contribution in [3.05, 3.63) is 284 Å². The highest BCUT2D eigenvalue weighted by Gasteiger charge is 2.25. The van der Waals surface area contributed by atoms with Gasteiger partial charge in [0.05, 0.1) is 52.4 Å². The number of ether oxygens (including phenoxy) is 9. The van der Waals surface area contributed by atoms with E-state index in [1.54, 1.807) is 37.6 Å². The van der Waals surface area contributed by atoms with Crippen molar-refractivity contribution in [3.8, 4) is 51.7 Å². The summed E-state index contributed by atoms with van der Waals surface area (Å²) in [5.41, 5.74) is 14.5. The highest BCUT2D eigenvalue weighted by atomic mass is 35.5. The summed E-state index contributed by atoms with van der Waals surface area (Å²) in [5.74, 6) is 7.88. The number of thiazole rings is 3. The van der Waals surface area contributed by atoms with E-state index in [-0.39, 0.29) is 32.2 Å². The summed E-state index contributed by atoms with van der Waals surface area (Å²) in [4.78, 5) is 51.5. The van der Waals surface area contributed by atoms with Gasteiger partial charge in [0.2, 0.25) is 20.4 Å². The van der Waals surface area contributed by atoms with Gasteiger partial charge < -0.3 is 57.7 Å². The van der Waals surface area contributed by atoms with E-state index in [4.69, 9.17) is 75.8 Å². The maximum Gasteiger partial charge on any atom is 0.273 e. The van der Waals surface area contributed by atoms with Crippen molar-refractivity contribution in [1.29, 1.82) is 0 Å². The lowest BCUT2D eigenvalue weighted by Gasteiger charge is -2.32. The van der Waals surface area contributed by atoms with Crippen molar-refractivity contribution in [1.82, 2.24) is 44.8 Å². The number of aromatic nitrogens is 3. The maximum atomic E-state index is 13.2. The Morgan fingerprint density at radius 1 is 0.474 bits per heavy atom. The SMILES string of the molecule is C=C(c1csc(CN(Cc2ccc(OC)cc2)Cc2ccc3c(c2)OCO3)n1)N1CCC(C)CC1.CCc1ccc(CCN(C)C(=O)c2csc(CN(Cc3ccc(Cl)cc3)Cc3ccc4c(c3)OCO4)n2)cc1OC.CCc1ccc(CCNC(=O)c2csc(CN(Cc3ccc(Cl)cc3)Cc3ccc4c(c3)OCO4)n2)cc1OC. The number of nitrogens with zero attached hydrogens (tertiary/aromatic N) is 8. The van der Waals surface area contributed by atoms with Crippen LogP contribution in [0.3, 0.4) is 0 Å². The average molecular weight is 1660 g/mol. The second-order valence-electron chi connectivity index (χ2n) is 29.1. The number of hydrogen-bond acceptors (Lipinski definition) is 21. The van der Waals surface area contributed by atoms with E-state index in [1.165, 1.54) is 57.8 Å². The van der Waals surface area contributed by atoms with Crippen LogP contribution in [0.5, 0.6) is 51.7 Å². The van der Waals surface area contributed by atoms with Crippen molar-refractivity contribution >= 4 is 74.7 Å². The molecule has 4 aliphatic rings. The number of hydrogen-bond donors (Lipinski definition) is 1. The zero-order valence-corrected chi connectivity index (χ0v) is 70.7. The molecule has 0 atom stereocenters. The number of piperidine rings is 1. The molecule has 0 spiro atoms. The molecule has 7 heterocycles. The molecule has 0 unspecified atom stereocenters. The molecule has 606 valence electrons. The molecule has 11 aromatic rings. The number of rotatable bonds is 33. The summed E-state index contributed by atoms with van der Waals surface area (Å²) in [6, 6.07) is 54.7. The van der Waals surface area contributed by atoms with Gasteiger partial charge in [-0.05, 0) is 185 Å². The van der Waals surface area contributed by atoms with Crippen molar-refractivity contribution in [2.24, 2.45) is 5.92 Å². The zero-order valence-electron chi connectivity index (χ0n) is 66.7. The molecule has 0 saturated carbocycles. The third kappa shape index (κ3) is 23.3. The summed E-state index contributed by atoms with van der Waals surface area (Å²) in [6.45, 7) is 21.3. The smallest absolute Gasteiger partial charge is 0.273 e. The second kappa shape index (κ2) is 41.1. The number of likely N-dealkylation sites (N-methyl/N-ethyl adjacent to an activating group) is 1. The largest absolute Gasteiger partial charge is 0.497 e. The number of fused-ring (bicyclic) bond motifs is 3. The van der Waals surface area contributed by atoms with E-state index in [0.29, 0.717) is 80.2 Å². The van der Waals surface area contributed by atoms with Gasteiger partial charge in [-0.15, -0.1) is 34.0 Å². The Bertz CT molecular complexity index is 5090. The molecule has 1 fully saturated rings. The second-order valence-corrected chi connectivity index (χ2v) is 32.8. The van der Waals surface area contributed by atoms with Crippen LogP contribution in [0.25, 0.3) is 5.70 Å². The Balaban J connectivity index is 0.000000152. The molecule has 8 aromatic carbocycles. The van der Waals surface area contributed by atoms with Crippen molar-refractivity contribution < 1.29 is 52.2 Å². The highest BCUT2D eigenvalue weighted by Crippen LogP contribution is 2.37. The summed E-state index contributed by atoms with van der Waals surface area (Å²) in [6.07, 6.45) is 5.74. The Labute approximate surface area is 702 Å². The van der Waals surface area contributed by atoms with Gasteiger partial charge in [-0.3, -0.25) is 24.3 Å². The standard InChI is InChI=1S/C32H34ClN3O4S.C31H32ClN3O4S.C28H33N3O3S/c1-4-25-9-5-22(15-29(25)38-3)13-14-35(2)32(37)27-20-41-31(34-27)19-36(17-23-6-10-26(33)11-7-23)18-24-8-12-28-30(16-24)40-21-39-28;1-3-24-8-4-21(14-28(24)37-2)12-13-33-31(36)26-19-40-30(34-26)18-35(16-22-5-9-25(32)10-6-22)17-23-7-11-27-29(15-23)39-20-38-27;1-20-10-12-31(13-11-20)21(2)25-18-35-28(29-25)17-30(15-22-4-7-24(32-3)8-5-22)16-23-6-9-26-27(14-23)34-19-33-26/h5-12,15-16,20H,4,13-14,17-19,21H2,1-3H3;4-11,14-15,19H,3,12-13,16-18,20H2,1-2H3,(H,33,36);4-9,14,18,20H,2,10-13,15-17,19H2,1,3H3. The third-order valence-corrected chi connectivity index (χ3v) is 23.6. The van der Waals surface area contributed by atoms with Crippen LogP contribution in [0.4, 0.5) is 0 Å². The van der Waals surface area contributed by atoms with Crippen LogP contribution in [-0.4, -0.2) is 126 Å². The molecule has 116 heavy (non-hydrogen) atoms. The van der Waals surface area contributed by atoms with Crippen LogP contribution in [0, 0.1) is 5.92 Å². The first-order valence-corrected chi connectivity index (χ1v) is 42.5. The summed E-state index contributed by atoms with van der Waals surface area (Å²) < 4.78 is 49.5. The van der Waals surface area contributed by atoms with E-state index in [9.17, 15) is 9.59 Å². The highest BCUT2D eigenvalue weighted by molar-refractivity contribution is 7.10. The maximum absolute atomic E-state index is 13.2. The first-order valence-electron chi connectivity index (χ1n) is 39.1. The van der Waals surface area contributed by atoms with Gasteiger partial charge in [0.15, 0.2) is 34.5 Å². The van der Waals surface area contributed by atoms with Gasteiger partial charge in [-0.2, -0.15) is 0 Å². The van der Waals surface area contributed by atoms with Gasteiger partial charge in [0.25, 0.3) is 11.8 Å². The van der Waals surface area contributed by atoms with Crippen LogP contribution in [-0.2, 0) is 84.6 Å². The number of likely N-dealkylation sites (tertiary alicyclic amines) is 1. The van der Waals surface area contributed by atoms with Crippen LogP contribution in [0.2, 0.25) is 10.0 Å². The van der Waals surface area contributed by atoms with Crippen LogP contribution < -0.4 is 47.9 Å². The minimum absolute atomic E-state index is 0.0790. The summed E-state index contributed by atoms with van der Waals surface area (Å²) >= 11 is 16.9.